The van der Waals surface area contributed by atoms with E-state index in [1.165, 1.54) is 0 Å². The van der Waals surface area contributed by atoms with E-state index in [0.29, 0.717) is 25.1 Å². The Morgan fingerprint density at radius 1 is 1.12 bits per heavy atom. The number of carbonyl (C=O) groups is 2. The number of rotatable bonds is 2. The van der Waals surface area contributed by atoms with E-state index < -0.39 is 0 Å². The molecule has 4 rings (SSSR count). The van der Waals surface area contributed by atoms with E-state index in [4.69, 9.17) is 4.42 Å². The number of urea groups is 1. The van der Waals surface area contributed by atoms with Gasteiger partial charge in [-0.1, -0.05) is 18.2 Å². The molecule has 2 aromatic carbocycles. The van der Waals surface area contributed by atoms with E-state index >= 15 is 0 Å². The summed E-state index contributed by atoms with van der Waals surface area (Å²) in [5, 5.41) is 10.5. The van der Waals surface area contributed by atoms with Crippen molar-refractivity contribution in [3.05, 3.63) is 42.5 Å². The molecule has 0 bridgehead atoms. The summed E-state index contributed by atoms with van der Waals surface area (Å²) in [5.41, 5.74) is 2.23. The molecule has 1 aliphatic heterocycles. The lowest BCUT2D eigenvalue weighted by Crippen LogP contribution is -2.48. The second kappa shape index (κ2) is 5.88. The van der Waals surface area contributed by atoms with Gasteiger partial charge < -0.3 is 20.4 Å². The average molecular weight is 323 g/mol. The lowest BCUT2D eigenvalue weighted by molar-refractivity contribution is -0.122. The predicted octanol–water partition coefficient (Wildman–Crippen LogP) is 2.99. The van der Waals surface area contributed by atoms with Crippen molar-refractivity contribution in [1.29, 1.82) is 0 Å². The van der Waals surface area contributed by atoms with Gasteiger partial charge in [-0.15, -0.1) is 0 Å². The zero-order valence-corrected chi connectivity index (χ0v) is 13.0. The van der Waals surface area contributed by atoms with Crippen LogP contribution in [0.15, 0.2) is 46.9 Å². The number of hydrogen-bond acceptors (Lipinski definition) is 3. The molecule has 3 amide bonds. The van der Waals surface area contributed by atoms with Crippen LogP contribution in [0.2, 0.25) is 0 Å². The van der Waals surface area contributed by atoms with Crippen LogP contribution in [0, 0.1) is 0 Å². The molecular weight excluding hydrogens is 306 g/mol. The van der Waals surface area contributed by atoms with Crippen LogP contribution in [0.25, 0.3) is 21.9 Å². The molecule has 0 saturated carbocycles. The molecule has 1 aromatic heterocycles. The van der Waals surface area contributed by atoms with Crippen LogP contribution in [0.1, 0.15) is 12.8 Å². The number of fused-ring (bicyclic) bond motifs is 3. The maximum atomic E-state index is 12.1. The molecule has 122 valence electrons. The Bertz CT molecular complexity index is 922. The molecule has 1 fully saturated rings. The molecule has 24 heavy (non-hydrogen) atoms. The summed E-state index contributed by atoms with van der Waals surface area (Å²) in [7, 11) is 0. The molecule has 1 aliphatic rings. The van der Waals surface area contributed by atoms with Crippen molar-refractivity contribution >= 4 is 39.6 Å². The van der Waals surface area contributed by atoms with Crippen LogP contribution >= 0.6 is 0 Å². The largest absolute Gasteiger partial charge is 0.456 e. The molecule has 6 heteroatoms. The number of piperidine rings is 1. The number of para-hydroxylation sites is 1. The van der Waals surface area contributed by atoms with Gasteiger partial charge in [-0.3, -0.25) is 4.79 Å². The Balaban J connectivity index is 1.49. The quantitative estimate of drug-likeness (QED) is 0.678. The second-order valence-electron chi connectivity index (χ2n) is 5.95. The highest BCUT2D eigenvalue weighted by Crippen LogP contribution is 2.30. The Hall–Kier alpha value is -3.02. The van der Waals surface area contributed by atoms with E-state index in [0.717, 1.165) is 21.9 Å². The third-order valence-electron chi connectivity index (χ3n) is 4.24. The summed E-state index contributed by atoms with van der Waals surface area (Å²) >= 11 is 0. The maximum Gasteiger partial charge on any atom is 0.319 e. The molecule has 3 N–H and O–H groups in total. The summed E-state index contributed by atoms with van der Waals surface area (Å²) in [6, 6.07) is 13.1. The fourth-order valence-corrected chi connectivity index (χ4v) is 3.01. The van der Waals surface area contributed by atoms with Crippen LogP contribution in [0.4, 0.5) is 10.5 Å². The number of carbonyl (C=O) groups excluding carboxylic acids is 2. The fraction of sp³-hybridized carbons (Fsp3) is 0.222. The molecule has 0 aliphatic carbocycles. The van der Waals surface area contributed by atoms with Gasteiger partial charge in [0.2, 0.25) is 5.91 Å². The smallest absolute Gasteiger partial charge is 0.319 e. The number of benzene rings is 2. The van der Waals surface area contributed by atoms with Crippen molar-refractivity contribution in [2.45, 2.75) is 18.9 Å². The number of amides is 3. The van der Waals surface area contributed by atoms with E-state index in [-0.39, 0.29) is 18.0 Å². The van der Waals surface area contributed by atoms with E-state index in [2.05, 4.69) is 16.0 Å². The van der Waals surface area contributed by atoms with Gasteiger partial charge >= 0.3 is 6.03 Å². The van der Waals surface area contributed by atoms with Crippen molar-refractivity contribution in [2.75, 3.05) is 11.9 Å². The van der Waals surface area contributed by atoms with Crippen molar-refractivity contribution in [3.8, 4) is 0 Å². The van der Waals surface area contributed by atoms with Gasteiger partial charge in [0.25, 0.3) is 0 Å². The summed E-state index contributed by atoms with van der Waals surface area (Å²) in [5.74, 6) is 0.0313. The van der Waals surface area contributed by atoms with E-state index in [1.54, 1.807) is 0 Å². The van der Waals surface area contributed by atoms with Crippen molar-refractivity contribution in [2.24, 2.45) is 0 Å². The molecule has 2 heterocycles. The zero-order valence-electron chi connectivity index (χ0n) is 13.0. The molecule has 3 aromatic rings. The predicted molar refractivity (Wildman–Crippen MR) is 91.9 cm³/mol. The monoisotopic (exact) mass is 323 g/mol. The van der Waals surface area contributed by atoms with E-state index in [9.17, 15) is 9.59 Å². The average Bonchev–Trinajstić information content (AvgIpc) is 2.94. The van der Waals surface area contributed by atoms with Gasteiger partial charge in [0.15, 0.2) is 0 Å². The van der Waals surface area contributed by atoms with Gasteiger partial charge in [-0.05, 0) is 24.6 Å². The third-order valence-corrected chi connectivity index (χ3v) is 4.24. The lowest BCUT2D eigenvalue weighted by Gasteiger charge is -2.23. The molecule has 6 nitrogen and oxygen atoms in total. The Labute approximate surface area is 138 Å². The highest BCUT2D eigenvalue weighted by Gasteiger charge is 2.19. The minimum atomic E-state index is -0.286. The first-order chi connectivity index (χ1) is 11.7. The summed E-state index contributed by atoms with van der Waals surface area (Å²) in [4.78, 5) is 23.2. The zero-order chi connectivity index (χ0) is 16.5. The van der Waals surface area contributed by atoms with Crippen molar-refractivity contribution in [3.63, 3.8) is 0 Å². The van der Waals surface area contributed by atoms with Gasteiger partial charge in [0.1, 0.15) is 11.2 Å². The SMILES string of the molecule is O=C1CCC(NC(=O)Nc2ccc3c(c2)oc2ccccc23)CN1. The first kappa shape index (κ1) is 14.6. The maximum absolute atomic E-state index is 12.1. The highest BCUT2D eigenvalue weighted by atomic mass is 16.3. The second-order valence-corrected chi connectivity index (χ2v) is 5.95. The first-order valence-electron chi connectivity index (χ1n) is 7.94. The van der Waals surface area contributed by atoms with E-state index in [1.807, 2.05) is 42.5 Å². The van der Waals surface area contributed by atoms with Gasteiger partial charge in [0.05, 0.1) is 0 Å². The normalized spacial score (nSPS) is 17.7. The molecule has 1 unspecified atom stereocenters. The number of hydrogen-bond donors (Lipinski definition) is 3. The third kappa shape index (κ3) is 2.78. The van der Waals surface area contributed by atoms with Crippen LogP contribution in [-0.4, -0.2) is 24.5 Å². The van der Waals surface area contributed by atoms with Crippen LogP contribution in [0.3, 0.4) is 0 Å². The summed E-state index contributed by atoms with van der Waals surface area (Å²) in [6.07, 6.45) is 1.09. The number of nitrogens with one attached hydrogen (secondary N) is 3. The Kier molecular flexibility index (Phi) is 3.57. The number of furan rings is 1. The highest BCUT2D eigenvalue weighted by molar-refractivity contribution is 6.06. The molecule has 0 spiro atoms. The molecule has 1 atom stereocenters. The van der Waals surface area contributed by atoms with Gasteiger partial charge in [-0.25, -0.2) is 4.79 Å². The minimum absolute atomic E-state index is 0.0313. The molecular formula is C18H17N3O3. The summed E-state index contributed by atoms with van der Waals surface area (Å²) in [6.45, 7) is 0.467. The van der Waals surface area contributed by atoms with Crippen molar-refractivity contribution < 1.29 is 14.0 Å². The molecule has 1 saturated heterocycles. The number of anilines is 1. The first-order valence-corrected chi connectivity index (χ1v) is 7.94. The van der Waals surface area contributed by atoms with Crippen LogP contribution in [-0.2, 0) is 4.79 Å². The van der Waals surface area contributed by atoms with Gasteiger partial charge in [-0.2, -0.15) is 0 Å². The van der Waals surface area contributed by atoms with Gasteiger partial charge in [0, 0.05) is 41.5 Å². The lowest BCUT2D eigenvalue weighted by atomic mass is 10.1. The van der Waals surface area contributed by atoms with Crippen LogP contribution < -0.4 is 16.0 Å². The van der Waals surface area contributed by atoms with Crippen molar-refractivity contribution in [1.82, 2.24) is 10.6 Å². The fourth-order valence-electron chi connectivity index (χ4n) is 3.01. The minimum Gasteiger partial charge on any atom is -0.456 e. The topological polar surface area (TPSA) is 83.4 Å². The molecule has 0 radical (unpaired) electrons. The Morgan fingerprint density at radius 2 is 1.96 bits per heavy atom. The Morgan fingerprint density at radius 3 is 2.79 bits per heavy atom. The standard InChI is InChI=1S/C18H17N3O3/c22-17-8-6-12(10-19-17)21-18(23)20-11-5-7-14-13-3-1-2-4-15(13)24-16(14)9-11/h1-5,7,9,12H,6,8,10H2,(H,19,22)(H2,20,21,23). The van der Waals surface area contributed by atoms with Crippen LogP contribution in [0.5, 0.6) is 0 Å². The summed E-state index contributed by atoms with van der Waals surface area (Å²) < 4.78 is 5.82.